The van der Waals surface area contributed by atoms with E-state index in [1.165, 1.54) is 24.2 Å². The van der Waals surface area contributed by atoms with Crippen molar-refractivity contribution in [1.29, 1.82) is 0 Å². The number of thiazole rings is 1. The van der Waals surface area contributed by atoms with Crippen LogP contribution in [0.5, 0.6) is 0 Å². The molecule has 1 atom stereocenters. The van der Waals surface area contributed by atoms with Crippen LogP contribution in [-0.2, 0) is 11.3 Å². The van der Waals surface area contributed by atoms with E-state index in [9.17, 15) is 4.79 Å². The van der Waals surface area contributed by atoms with Crippen LogP contribution in [0.3, 0.4) is 0 Å². The highest BCUT2D eigenvalue weighted by Crippen LogP contribution is 2.24. The Kier molecular flexibility index (Phi) is 6.17. The molecule has 2 aliphatic rings. The first-order valence-electron chi connectivity index (χ1n) is 10.2. The van der Waals surface area contributed by atoms with E-state index in [1.54, 1.807) is 18.6 Å². The van der Waals surface area contributed by atoms with Gasteiger partial charge in [0.25, 0.3) is 0 Å². The van der Waals surface area contributed by atoms with E-state index < -0.39 is 0 Å². The van der Waals surface area contributed by atoms with Crippen molar-refractivity contribution in [2.24, 2.45) is 11.8 Å². The monoisotopic (exact) mass is 400 g/mol. The van der Waals surface area contributed by atoms with Gasteiger partial charge in [-0.05, 0) is 44.7 Å². The molecule has 2 saturated heterocycles. The van der Waals surface area contributed by atoms with Crippen LogP contribution in [0.4, 0.5) is 10.9 Å². The lowest BCUT2D eigenvalue weighted by atomic mass is 9.97. The Labute approximate surface area is 170 Å². The molecule has 0 saturated carbocycles. The highest BCUT2D eigenvalue weighted by molar-refractivity contribution is 7.13. The van der Waals surface area contributed by atoms with Gasteiger partial charge in [-0.3, -0.25) is 14.7 Å². The predicted octanol–water partition coefficient (Wildman–Crippen LogP) is 3.02. The lowest BCUT2D eigenvalue weighted by Gasteiger charge is -2.32. The summed E-state index contributed by atoms with van der Waals surface area (Å²) in [6.07, 6.45) is 9.52. The second-order valence-electron chi connectivity index (χ2n) is 7.94. The summed E-state index contributed by atoms with van der Waals surface area (Å²) in [6.45, 7) is 7.07. The Hall–Kier alpha value is -2.06. The SMILES string of the molecule is CC1CCN(Cc2csc(NC(=O)C3CCCN(c4cnccn4)C3)n2)CC1. The number of anilines is 2. The van der Waals surface area contributed by atoms with Crippen molar-refractivity contribution in [2.45, 2.75) is 39.2 Å². The average Bonchev–Trinajstić information content (AvgIpc) is 3.17. The first kappa shape index (κ1) is 19.3. The summed E-state index contributed by atoms with van der Waals surface area (Å²) in [5, 5.41) is 5.82. The fraction of sp³-hybridized carbons (Fsp3) is 0.600. The molecule has 4 heterocycles. The molecular formula is C20H28N6OS. The van der Waals surface area contributed by atoms with Gasteiger partial charge in [0.05, 0.1) is 17.8 Å². The van der Waals surface area contributed by atoms with E-state index >= 15 is 0 Å². The number of nitrogens with zero attached hydrogens (tertiary/aromatic N) is 5. The number of carbonyl (C=O) groups excluding carboxylic acids is 1. The Morgan fingerprint density at radius 2 is 2.11 bits per heavy atom. The number of rotatable bonds is 5. The highest BCUT2D eigenvalue weighted by Gasteiger charge is 2.27. The van der Waals surface area contributed by atoms with Crippen LogP contribution in [-0.4, -0.2) is 51.9 Å². The van der Waals surface area contributed by atoms with Gasteiger partial charge in [-0.2, -0.15) is 0 Å². The number of aromatic nitrogens is 3. The molecule has 1 amide bonds. The van der Waals surface area contributed by atoms with Gasteiger partial charge >= 0.3 is 0 Å². The van der Waals surface area contributed by atoms with Gasteiger partial charge in [0.2, 0.25) is 5.91 Å². The third-order valence-corrected chi connectivity index (χ3v) is 6.52. The summed E-state index contributed by atoms with van der Waals surface area (Å²) < 4.78 is 0. The molecule has 150 valence electrons. The molecule has 2 aromatic rings. The van der Waals surface area contributed by atoms with Crippen LogP contribution in [0.1, 0.15) is 38.3 Å². The molecule has 7 nitrogen and oxygen atoms in total. The average molecular weight is 401 g/mol. The maximum Gasteiger partial charge on any atom is 0.231 e. The van der Waals surface area contributed by atoms with Crippen LogP contribution in [0, 0.1) is 11.8 Å². The molecule has 0 aliphatic carbocycles. The summed E-state index contributed by atoms with van der Waals surface area (Å²) in [5.74, 6) is 1.68. The summed E-state index contributed by atoms with van der Waals surface area (Å²) >= 11 is 1.52. The van der Waals surface area contributed by atoms with E-state index in [0.717, 1.165) is 56.5 Å². The second kappa shape index (κ2) is 8.96. The Morgan fingerprint density at radius 3 is 2.89 bits per heavy atom. The van der Waals surface area contributed by atoms with Gasteiger partial charge in [0, 0.05) is 37.4 Å². The van der Waals surface area contributed by atoms with E-state index in [1.807, 2.05) is 0 Å². The van der Waals surface area contributed by atoms with Gasteiger partial charge in [-0.25, -0.2) is 9.97 Å². The normalized spacial score (nSPS) is 21.6. The first-order valence-corrected chi connectivity index (χ1v) is 11.0. The summed E-state index contributed by atoms with van der Waals surface area (Å²) in [5.41, 5.74) is 1.06. The van der Waals surface area contributed by atoms with Crippen molar-refractivity contribution < 1.29 is 4.79 Å². The van der Waals surface area contributed by atoms with Gasteiger partial charge in [-0.1, -0.05) is 6.92 Å². The Morgan fingerprint density at radius 1 is 1.25 bits per heavy atom. The highest BCUT2D eigenvalue weighted by atomic mass is 32.1. The van der Waals surface area contributed by atoms with Crippen molar-refractivity contribution in [3.05, 3.63) is 29.7 Å². The topological polar surface area (TPSA) is 74.2 Å². The van der Waals surface area contributed by atoms with Gasteiger partial charge < -0.3 is 10.2 Å². The molecule has 2 aliphatic heterocycles. The number of hydrogen-bond donors (Lipinski definition) is 1. The summed E-state index contributed by atoms with van der Waals surface area (Å²) in [4.78, 5) is 30.5. The van der Waals surface area contributed by atoms with Crippen LogP contribution < -0.4 is 10.2 Å². The van der Waals surface area contributed by atoms with Gasteiger partial charge in [-0.15, -0.1) is 11.3 Å². The number of nitrogens with one attached hydrogen (secondary N) is 1. The van der Waals surface area contributed by atoms with E-state index in [2.05, 4.69) is 42.4 Å². The van der Waals surface area contributed by atoms with Crippen LogP contribution in [0.25, 0.3) is 0 Å². The number of likely N-dealkylation sites (tertiary alicyclic amines) is 1. The molecule has 4 rings (SSSR count). The second-order valence-corrected chi connectivity index (χ2v) is 8.80. The predicted molar refractivity (Wildman–Crippen MR) is 111 cm³/mol. The fourth-order valence-electron chi connectivity index (χ4n) is 3.95. The molecule has 1 unspecified atom stereocenters. The minimum Gasteiger partial charge on any atom is -0.355 e. The van der Waals surface area contributed by atoms with Crippen molar-refractivity contribution in [1.82, 2.24) is 19.9 Å². The van der Waals surface area contributed by atoms with Crippen molar-refractivity contribution >= 4 is 28.2 Å². The maximum absolute atomic E-state index is 12.8. The molecule has 8 heteroatoms. The van der Waals surface area contributed by atoms with E-state index in [-0.39, 0.29) is 11.8 Å². The van der Waals surface area contributed by atoms with Crippen molar-refractivity contribution in [3.8, 4) is 0 Å². The lowest BCUT2D eigenvalue weighted by molar-refractivity contribution is -0.120. The smallest absolute Gasteiger partial charge is 0.231 e. The molecule has 2 fully saturated rings. The minimum atomic E-state index is -0.0494. The lowest BCUT2D eigenvalue weighted by Crippen LogP contribution is -2.41. The van der Waals surface area contributed by atoms with Crippen molar-refractivity contribution in [3.63, 3.8) is 0 Å². The third kappa shape index (κ3) is 4.86. The molecule has 0 spiro atoms. The number of piperidine rings is 2. The first-order chi connectivity index (χ1) is 13.7. The molecule has 28 heavy (non-hydrogen) atoms. The van der Waals surface area contributed by atoms with E-state index in [4.69, 9.17) is 0 Å². The summed E-state index contributed by atoms with van der Waals surface area (Å²) in [7, 11) is 0. The Balaban J connectivity index is 1.30. The summed E-state index contributed by atoms with van der Waals surface area (Å²) in [6, 6.07) is 0. The fourth-order valence-corrected chi connectivity index (χ4v) is 4.65. The van der Waals surface area contributed by atoms with Crippen molar-refractivity contribution in [2.75, 3.05) is 36.4 Å². The minimum absolute atomic E-state index is 0.0494. The number of carbonyl (C=O) groups is 1. The van der Waals surface area contributed by atoms with Crippen LogP contribution in [0.15, 0.2) is 24.0 Å². The standard InChI is InChI=1S/C20H28N6OS/c1-15-4-9-25(10-5-15)13-17-14-28-20(23-17)24-19(27)16-3-2-8-26(12-16)18-11-21-6-7-22-18/h6-7,11,14-16H,2-5,8-10,12-13H2,1H3,(H,23,24,27). The zero-order chi connectivity index (χ0) is 19.3. The quantitative estimate of drug-likeness (QED) is 0.832. The Bertz CT molecular complexity index is 774. The van der Waals surface area contributed by atoms with Gasteiger partial charge in [0.15, 0.2) is 5.13 Å². The van der Waals surface area contributed by atoms with E-state index in [0.29, 0.717) is 11.7 Å². The zero-order valence-electron chi connectivity index (χ0n) is 16.4. The third-order valence-electron chi connectivity index (χ3n) is 5.71. The molecule has 0 radical (unpaired) electrons. The van der Waals surface area contributed by atoms with Crippen LogP contribution in [0.2, 0.25) is 0 Å². The van der Waals surface area contributed by atoms with Crippen LogP contribution >= 0.6 is 11.3 Å². The largest absolute Gasteiger partial charge is 0.355 e. The molecule has 0 aromatic carbocycles. The molecule has 0 bridgehead atoms. The number of amides is 1. The van der Waals surface area contributed by atoms with Gasteiger partial charge in [0.1, 0.15) is 5.82 Å². The maximum atomic E-state index is 12.8. The molecule has 2 aromatic heterocycles. The molecule has 1 N–H and O–H groups in total. The molecular weight excluding hydrogens is 372 g/mol. The number of hydrogen-bond acceptors (Lipinski definition) is 7. The zero-order valence-corrected chi connectivity index (χ0v) is 17.2.